The van der Waals surface area contributed by atoms with Gasteiger partial charge in [0.25, 0.3) is 0 Å². The number of nitrogens with zero attached hydrogens (tertiary/aromatic N) is 3. The van der Waals surface area contributed by atoms with Crippen molar-refractivity contribution in [2.45, 2.75) is 19.4 Å². The zero-order chi connectivity index (χ0) is 11.7. The Kier molecular flexibility index (Phi) is 2.64. The zero-order valence-electron chi connectivity index (χ0n) is 9.30. The Bertz CT molecular complexity index is 426. The normalized spacial score (nSPS) is 21.9. The van der Waals surface area contributed by atoms with E-state index in [1.807, 2.05) is 0 Å². The molecule has 1 aromatic heterocycles. The van der Waals surface area contributed by atoms with Gasteiger partial charge in [0.05, 0.1) is 11.9 Å². The Hall–Kier alpha value is -1.85. The quantitative estimate of drug-likeness (QED) is 0.707. The van der Waals surface area contributed by atoms with Crippen molar-refractivity contribution >= 4 is 17.5 Å². The van der Waals surface area contributed by atoms with Gasteiger partial charge in [-0.3, -0.25) is 14.3 Å². The lowest BCUT2D eigenvalue weighted by molar-refractivity contribution is -0.125. The van der Waals surface area contributed by atoms with E-state index in [0.717, 1.165) is 5.69 Å². The third-order valence-corrected chi connectivity index (χ3v) is 2.58. The first-order valence-corrected chi connectivity index (χ1v) is 5.17. The summed E-state index contributed by atoms with van der Waals surface area (Å²) in [4.78, 5) is 24.9. The van der Waals surface area contributed by atoms with E-state index >= 15 is 0 Å². The lowest BCUT2D eigenvalue weighted by atomic mass is 10.3. The molecule has 16 heavy (non-hydrogen) atoms. The molecule has 0 bridgehead atoms. The summed E-state index contributed by atoms with van der Waals surface area (Å²) in [5.74, 6) is -0.189. The number of rotatable bonds is 1. The molecule has 1 aliphatic heterocycles. The number of hydrogen-bond acceptors (Lipinski definition) is 3. The Morgan fingerprint density at radius 1 is 1.50 bits per heavy atom. The maximum absolute atomic E-state index is 12.0. The van der Waals surface area contributed by atoms with Gasteiger partial charge in [-0.1, -0.05) is 0 Å². The van der Waals surface area contributed by atoms with Crippen molar-refractivity contribution < 1.29 is 9.59 Å². The van der Waals surface area contributed by atoms with E-state index in [4.69, 9.17) is 0 Å². The minimum atomic E-state index is -0.477. The van der Waals surface area contributed by atoms with Gasteiger partial charge in [0, 0.05) is 26.2 Å². The van der Waals surface area contributed by atoms with Gasteiger partial charge >= 0.3 is 0 Å². The van der Waals surface area contributed by atoms with Crippen molar-refractivity contribution in [3.8, 4) is 0 Å². The Morgan fingerprint density at radius 3 is 2.88 bits per heavy atom. The Balaban J connectivity index is 2.26. The van der Waals surface area contributed by atoms with Crippen LogP contribution >= 0.6 is 0 Å². The fraction of sp³-hybridized carbons (Fsp3) is 0.500. The highest BCUT2D eigenvalue weighted by atomic mass is 16.2. The molecule has 1 aromatic rings. The first-order valence-electron chi connectivity index (χ1n) is 5.17. The highest BCUT2D eigenvalue weighted by Gasteiger charge is 2.27. The number of amides is 2. The second-order valence-electron chi connectivity index (χ2n) is 3.90. The van der Waals surface area contributed by atoms with Crippen LogP contribution in [0.15, 0.2) is 12.4 Å². The number of hydrogen-bond donors (Lipinski definition) is 1. The molecule has 1 atom stereocenters. The number of aryl methyl sites for hydroxylation is 1. The first-order chi connectivity index (χ1) is 7.58. The summed E-state index contributed by atoms with van der Waals surface area (Å²) in [6.45, 7) is 2.09. The van der Waals surface area contributed by atoms with Gasteiger partial charge in [0.1, 0.15) is 6.04 Å². The smallest absolute Gasteiger partial charge is 0.249 e. The predicted molar refractivity (Wildman–Crippen MR) is 57.8 cm³/mol. The van der Waals surface area contributed by atoms with E-state index in [1.54, 1.807) is 35.9 Å². The molecule has 2 amide bonds. The average Bonchev–Trinajstić information content (AvgIpc) is 2.59. The van der Waals surface area contributed by atoms with E-state index in [9.17, 15) is 9.59 Å². The molecule has 1 aliphatic rings. The number of aromatic nitrogens is 2. The summed E-state index contributed by atoms with van der Waals surface area (Å²) in [5, 5.41) is 6.66. The lowest BCUT2D eigenvalue weighted by Crippen LogP contribution is -2.42. The molecule has 0 aliphatic carbocycles. The second-order valence-corrected chi connectivity index (χ2v) is 3.90. The van der Waals surface area contributed by atoms with Gasteiger partial charge in [-0.2, -0.15) is 5.10 Å². The molecule has 86 valence electrons. The lowest BCUT2D eigenvalue weighted by Gasteiger charge is -2.20. The molecule has 1 saturated heterocycles. The summed E-state index contributed by atoms with van der Waals surface area (Å²) in [7, 11) is 1.79. The minimum Gasteiger partial charge on any atom is -0.345 e. The van der Waals surface area contributed by atoms with Crippen LogP contribution in [0.5, 0.6) is 0 Å². The van der Waals surface area contributed by atoms with Gasteiger partial charge < -0.3 is 10.2 Å². The molecule has 0 saturated carbocycles. The number of carbonyl (C=O) groups is 2. The van der Waals surface area contributed by atoms with Crippen LogP contribution in [0.2, 0.25) is 0 Å². The summed E-state index contributed by atoms with van der Waals surface area (Å²) in [5.41, 5.74) is 0.732. The molecule has 1 fully saturated rings. The Morgan fingerprint density at radius 2 is 2.25 bits per heavy atom. The van der Waals surface area contributed by atoms with Crippen molar-refractivity contribution in [3.05, 3.63) is 12.4 Å². The second kappa shape index (κ2) is 3.96. The van der Waals surface area contributed by atoms with Crippen molar-refractivity contribution in [2.75, 3.05) is 11.4 Å². The summed E-state index contributed by atoms with van der Waals surface area (Å²) < 4.78 is 1.63. The predicted octanol–water partition coefficient (Wildman–Crippen LogP) is -0.339. The Labute approximate surface area is 93.2 Å². The topological polar surface area (TPSA) is 67.2 Å². The van der Waals surface area contributed by atoms with E-state index in [2.05, 4.69) is 10.4 Å². The number of nitrogens with one attached hydrogen (secondary N) is 1. The highest BCUT2D eigenvalue weighted by Crippen LogP contribution is 2.15. The molecular formula is C10H14N4O2. The van der Waals surface area contributed by atoms with Crippen LogP contribution in [0, 0.1) is 0 Å². The third kappa shape index (κ3) is 1.91. The van der Waals surface area contributed by atoms with Crippen molar-refractivity contribution in [1.29, 1.82) is 0 Å². The van der Waals surface area contributed by atoms with Crippen LogP contribution in [0.25, 0.3) is 0 Å². The molecule has 6 nitrogen and oxygen atoms in total. The molecule has 1 N–H and O–H groups in total. The van der Waals surface area contributed by atoms with Crippen LogP contribution in [0.3, 0.4) is 0 Å². The average molecular weight is 222 g/mol. The highest BCUT2D eigenvalue weighted by molar-refractivity contribution is 6.00. The monoisotopic (exact) mass is 222 g/mol. The van der Waals surface area contributed by atoms with Crippen molar-refractivity contribution in [3.63, 3.8) is 0 Å². The van der Waals surface area contributed by atoms with E-state index in [-0.39, 0.29) is 11.8 Å². The van der Waals surface area contributed by atoms with Gasteiger partial charge in [-0.15, -0.1) is 0 Å². The largest absolute Gasteiger partial charge is 0.345 e. The zero-order valence-corrected chi connectivity index (χ0v) is 9.30. The summed E-state index contributed by atoms with van der Waals surface area (Å²) >= 11 is 0. The van der Waals surface area contributed by atoms with E-state index in [1.165, 1.54) is 0 Å². The fourth-order valence-corrected chi connectivity index (χ4v) is 1.74. The first kappa shape index (κ1) is 10.7. The number of anilines is 1. The molecule has 0 radical (unpaired) electrons. The van der Waals surface area contributed by atoms with Crippen molar-refractivity contribution in [2.24, 2.45) is 7.05 Å². The molecule has 1 unspecified atom stereocenters. The molecule has 2 rings (SSSR count). The summed E-state index contributed by atoms with van der Waals surface area (Å²) in [6.07, 6.45) is 3.71. The van der Waals surface area contributed by atoms with Gasteiger partial charge in [-0.05, 0) is 6.92 Å². The number of carbonyl (C=O) groups excluding carboxylic acids is 2. The maximum Gasteiger partial charge on any atom is 0.249 e. The third-order valence-electron chi connectivity index (χ3n) is 2.58. The minimum absolute atomic E-state index is 0.0905. The standard InChI is InChI=1S/C10H14N4O2/c1-7-10(16)14(4-3-9(15)12-7)8-5-11-13(2)6-8/h5-7H,3-4H2,1-2H3,(H,12,15). The molecular weight excluding hydrogens is 208 g/mol. The SMILES string of the molecule is CC1NC(=O)CCN(c2cnn(C)c2)C1=O. The molecule has 0 spiro atoms. The van der Waals surface area contributed by atoms with Crippen LogP contribution in [0.4, 0.5) is 5.69 Å². The fourth-order valence-electron chi connectivity index (χ4n) is 1.74. The molecule has 6 heteroatoms. The molecule has 2 heterocycles. The van der Waals surface area contributed by atoms with Gasteiger partial charge in [0.15, 0.2) is 0 Å². The van der Waals surface area contributed by atoms with E-state index < -0.39 is 6.04 Å². The molecule has 0 aromatic carbocycles. The van der Waals surface area contributed by atoms with Crippen molar-refractivity contribution in [1.82, 2.24) is 15.1 Å². The van der Waals surface area contributed by atoms with Crippen LogP contribution in [-0.2, 0) is 16.6 Å². The van der Waals surface area contributed by atoms with E-state index in [0.29, 0.717) is 13.0 Å². The van der Waals surface area contributed by atoms with Gasteiger partial charge in [-0.25, -0.2) is 0 Å². The summed E-state index contributed by atoms with van der Waals surface area (Å²) in [6, 6.07) is -0.477. The van der Waals surface area contributed by atoms with Crippen LogP contribution < -0.4 is 10.2 Å². The maximum atomic E-state index is 12.0. The van der Waals surface area contributed by atoms with Crippen LogP contribution in [0.1, 0.15) is 13.3 Å². The van der Waals surface area contributed by atoms with Gasteiger partial charge in [0.2, 0.25) is 11.8 Å². The van der Waals surface area contributed by atoms with Crippen LogP contribution in [-0.4, -0.2) is 34.2 Å².